The summed E-state index contributed by atoms with van der Waals surface area (Å²) in [4.78, 5) is 27.9. The van der Waals surface area contributed by atoms with Gasteiger partial charge in [0.1, 0.15) is 17.0 Å². The summed E-state index contributed by atoms with van der Waals surface area (Å²) in [5, 5.41) is 21.4. The van der Waals surface area contributed by atoms with Gasteiger partial charge in [-0.15, -0.1) is 0 Å². The maximum atomic E-state index is 13.0. The molecule has 3 aromatic carbocycles. The van der Waals surface area contributed by atoms with Crippen LogP contribution in [0, 0.1) is 0 Å². The van der Waals surface area contributed by atoms with Gasteiger partial charge in [-0.2, -0.15) is 13.2 Å². The standard InChI is InChI=1S/C24H17ClF3N3O4/c25-17-3-1-2-4-18(17)31-19(12-21(29)24(26,27)28)13-5-7-14(8-6-13)22(33)30-15-9-10-20(32)16(11-15)23(34)35/h1-12,32H,29H2,(H,30,33)(H,34,35). The number of amides is 1. The summed E-state index contributed by atoms with van der Waals surface area (Å²) < 4.78 is 39.1. The number of nitrogens with two attached hydrogens (primary N) is 1. The molecular weight excluding hydrogens is 487 g/mol. The van der Waals surface area contributed by atoms with E-state index in [1.807, 2.05) is 0 Å². The second kappa shape index (κ2) is 10.3. The average Bonchev–Trinajstić information content (AvgIpc) is 2.80. The summed E-state index contributed by atoms with van der Waals surface area (Å²) in [5.74, 6) is -2.45. The number of hydrogen-bond donors (Lipinski definition) is 4. The van der Waals surface area contributed by atoms with E-state index in [4.69, 9.17) is 22.4 Å². The van der Waals surface area contributed by atoms with Crippen molar-refractivity contribution < 1.29 is 33.0 Å². The molecule has 180 valence electrons. The SMILES string of the molecule is NC(=CC(=Nc1ccccc1Cl)c1ccc(C(=O)Nc2ccc(O)c(C(=O)O)c2)cc1)C(F)(F)F. The number of carboxylic acids is 1. The first-order valence-corrected chi connectivity index (χ1v) is 10.2. The summed E-state index contributed by atoms with van der Waals surface area (Å²) in [6.07, 6.45) is -4.11. The molecule has 0 spiro atoms. The van der Waals surface area contributed by atoms with Gasteiger partial charge in [-0.05, 0) is 48.5 Å². The highest BCUT2D eigenvalue weighted by Crippen LogP contribution is 2.27. The third-order valence-corrected chi connectivity index (χ3v) is 4.96. The number of aliphatic imine (C=N–C) groups is 1. The van der Waals surface area contributed by atoms with Crippen molar-refractivity contribution in [2.45, 2.75) is 6.18 Å². The van der Waals surface area contributed by atoms with Crippen LogP contribution in [0.2, 0.25) is 5.02 Å². The number of alkyl halides is 3. The predicted octanol–water partition coefficient (Wildman–Crippen LogP) is 5.52. The maximum absolute atomic E-state index is 13.0. The van der Waals surface area contributed by atoms with E-state index >= 15 is 0 Å². The number of allylic oxidation sites excluding steroid dienone is 2. The molecule has 0 atom stereocenters. The van der Waals surface area contributed by atoms with E-state index in [0.717, 1.165) is 12.1 Å². The zero-order chi connectivity index (χ0) is 25.8. The van der Waals surface area contributed by atoms with Crippen LogP contribution >= 0.6 is 11.6 Å². The molecule has 0 heterocycles. The highest BCUT2D eigenvalue weighted by Gasteiger charge is 2.31. The zero-order valence-electron chi connectivity index (χ0n) is 17.7. The van der Waals surface area contributed by atoms with Crippen LogP contribution in [0.3, 0.4) is 0 Å². The average molecular weight is 504 g/mol. The molecule has 0 aliphatic heterocycles. The van der Waals surface area contributed by atoms with Crippen LogP contribution in [-0.4, -0.2) is 34.0 Å². The van der Waals surface area contributed by atoms with Crippen molar-refractivity contribution in [1.29, 1.82) is 0 Å². The third-order valence-electron chi connectivity index (χ3n) is 4.64. The van der Waals surface area contributed by atoms with Crippen molar-refractivity contribution >= 4 is 40.6 Å². The van der Waals surface area contributed by atoms with E-state index in [1.165, 1.54) is 42.5 Å². The van der Waals surface area contributed by atoms with Crippen molar-refractivity contribution in [3.05, 3.63) is 100 Å². The Bertz CT molecular complexity index is 1340. The molecule has 1 amide bonds. The van der Waals surface area contributed by atoms with E-state index in [1.54, 1.807) is 12.1 Å². The molecule has 0 unspecified atom stereocenters. The molecule has 35 heavy (non-hydrogen) atoms. The van der Waals surface area contributed by atoms with Crippen LogP contribution in [0.4, 0.5) is 24.5 Å². The fourth-order valence-corrected chi connectivity index (χ4v) is 3.04. The minimum Gasteiger partial charge on any atom is -0.507 e. The molecule has 0 radical (unpaired) electrons. The lowest BCUT2D eigenvalue weighted by Gasteiger charge is -2.10. The lowest BCUT2D eigenvalue weighted by molar-refractivity contribution is -0.0925. The lowest BCUT2D eigenvalue weighted by atomic mass is 10.1. The van der Waals surface area contributed by atoms with Gasteiger partial charge in [-0.3, -0.25) is 4.79 Å². The molecule has 0 aromatic heterocycles. The first-order chi connectivity index (χ1) is 16.5. The molecular formula is C24H17ClF3N3O4. The number of anilines is 1. The van der Waals surface area contributed by atoms with Gasteiger partial charge in [0.25, 0.3) is 5.91 Å². The molecule has 0 aliphatic carbocycles. The van der Waals surface area contributed by atoms with Crippen LogP contribution in [-0.2, 0) is 0 Å². The Kier molecular flexibility index (Phi) is 7.46. The molecule has 0 aliphatic rings. The summed E-state index contributed by atoms with van der Waals surface area (Å²) in [6, 6.07) is 15.3. The van der Waals surface area contributed by atoms with Crippen LogP contribution in [0.25, 0.3) is 0 Å². The number of carbonyl (C=O) groups excluding carboxylic acids is 1. The normalized spacial score (nSPS) is 12.3. The number of rotatable bonds is 6. The van der Waals surface area contributed by atoms with Gasteiger partial charge in [0.2, 0.25) is 0 Å². The highest BCUT2D eigenvalue weighted by atomic mass is 35.5. The fourth-order valence-electron chi connectivity index (χ4n) is 2.86. The Morgan fingerprint density at radius 2 is 1.63 bits per heavy atom. The smallest absolute Gasteiger partial charge is 0.430 e. The van der Waals surface area contributed by atoms with Crippen LogP contribution in [0.1, 0.15) is 26.3 Å². The van der Waals surface area contributed by atoms with Crippen molar-refractivity contribution in [2.75, 3.05) is 5.32 Å². The number of aromatic carboxylic acids is 1. The second-order valence-electron chi connectivity index (χ2n) is 7.11. The number of para-hydroxylation sites is 1. The lowest BCUT2D eigenvalue weighted by Crippen LogP contribution is -2.21. The van der Waals surface area contributed by atoms with Crippen molar-refractivity contribution in [1.82, 2.24) is 0 Å². The quantitative estimate of drug-likeness (QED) is 0.260. The maximum Gasteiger partial charge on any atom is 0.430 e. The van der Waals surface area contributed by atoms with Crippen molar-refractivity contribution in [3.63, 3.8) is 0 Å². The number of halogens is 4. The molecule has 3 rings (SSSR count). The van der Waals surface area contributed by atoms with E-state index in [0.29, 0.717) is 6.08 Å². The number of phenols is 1. The van der Waals surface area contributed by atoms with Gasteiger partial charge in [-0.1, -0.05) is 35.9 Å². The number of aromatic hydroxyl groups is 1. The van der Waals surface area contributed by atoms with Gasteiger partial charge in [-0.25, -0.2) is 9.79 Å². The van der Waals surface area contributed by atoms with Gasteiger partial charge in [0.05, 0.1) is 16.4 Å². The number of carbonyl (C=O) groups is 2. The molecule has 11 heteroatoms. The van der Waals surface area contributed by atoms with E-state index < -0.39 is 35.1 Å². The third kappa shape index (κ3) is 6.39. The van der Waals surface area contributed by atoms with Gasteiger partial charge in [0.15, 0.2) is 0 Å². The zero-order valence-corrected chi connectivity index (χ0v) is 18.4. The van der Waals surface area contributed by atoms with Gasteiger partial charge >= 0.3 is 12.1 Å². The van der Waals surface area contributed by atoms with Crippen LogP contribution in [0.5, 0.6) is 5.75 Å². The van der Waals surface area contributed by atoms with E-state index in [9.17, 15) is 27.9 Å². The molecule has 0 saturated heterocycles. The highest BCUT2D eigenvalue weighted by molar-refractivity contribution is 6.33. The molecule has 3 aromatic rings. The number of nitrogens with zero attached hydrogens (tertiary/aromatic N) is 1. The molecule has 5 N–H and O–H groups in total. The molecule has 7 nitrogen and oxygen atoms in total. The second-order valence-corrected chi connectivity index (χ2v) is 7.52. The summed E-state index contributed by atoms with van der Waals surface area (Å²) >= 11 is 6.08. The van der Waals surface area contributed by atoms with Crippen molar-refractivity contribution in [2.24, 2.45) is 10.7 Å². The summed E-state index contributed by atoms with van der Waals surface area (Å²) in [5.41, 5.74) is 3.99. The minimum absolute atomic E-state index is 0.121. The Morgan fingerprint density at radius 1 is 1.00 bits per heavy atom. The predicted molar refractivity (Wildman–Crippen MR) is 125 cm³/mol. The monoisotopic (exact) mass is 503 g/mol. The first kappa shape index (κ1) is 25.3. The number of nitrogens with one attached hydrogen (secondary N) is 1. The first-order valence-electron chi connectivity index (χ1n) is 9.81. The number of hydrogen-bond acceptors (Lipinski definition) is 5. The summed E-state index contributed by atoms with van der Waals surface area (Å²) in [6.45, 7) is 0. The van der Waals surface area contributed by atoms with Gasteiger partial charge < -0.3 is 21.3 Å². The molecule has 0 fully saturated rings. The van der Waals surface area contributed by atoms with Crippen LogP contribution in [0.15, 0.2) is 83.5 Å². The Morgan fingerprint density at radius 3 is 2.23 bits per heavy atom. The van der Waals surface area contributed by atoms with Crippen LogP contribution < -0.4 is 11.1 Å². The van der Waals surface area contributed by atoms with Crippen molar-refractivity contribution in [3.8, 4) is 5.75 Å². The Balaban J connectivity index is 1.92. The topological polar surface area (TPSA) is 125 Å². The molecule has 0 bridgehead atoms. The molecule has 0 saturated carbocycles. The van der Waals surface area contributed by atoms with E-state index in [-0.39, 0.29) is 33.2 Å². The van der Waals surface area contributed by atoms with E-state index in [2.05, 4.69) is 10.3 Å². The largest absolute Gasteiger partial charge is 0.507 e. The Labute approximate surface area is 202 Å². The minimum atomic E-state index is -4.78. The fraction of sp³-hybridized carbons (Fsp3) is 0.0417. The Hall–Kier alpha value is -4.31. The number of carboxylic acid groups (broad SMARTS) is 1. The van der Waals surface area contributed by atoms with Gasteiger partial charge in [0, 0.05) is 16.8 Å². The summed E-state index contributed by atoms with van der Waals surface area (Å²) in [7, 11) is 0. The number of benzene rings is 3.